The van der Waals surface area contributed by atoms with Crippen LogP contribution in [0.25, 0.3) is 0 Å². The standard InChI is InChI=1S/C28H30ClNO2/c1-28(2)18-26(21-9-11-22(29)12-10-21)24-14-13-23(17-25(24)27(28)31)32-16-15-30(3)19-20-7-5-4-6-8-20/h4-14,17,26H,15-16,18-19H2,1-3H3. The van der Waals surface area contributed by atoms with Crippen LogP contribution in [0.4, 0.5) is 0 Å². The minimum absolute atomic E-state index is 0.168. The quantitative estimate of drug-likeness (QED) is 0.409. The smallest absolute Gasteiger partial charge is 0.168 e. The molecular formula is C28H30ClNO2. The lowest BCUT2D eigenvalue weighted by atomic mass is 9.66. The van der Waals surface area contributed by atoms with E-state index in [-0.39, 0.29) is 11.7 Å². The van der Waals surface area contributed by atoms with E-state index in [1.807, 2.05) is 44.2 Å². The van der Waals surface area contributed by atoms with Crippen LogP contribution in [0.5, 0.6) is 5.75 Å². The number of ketones is 1. The van der Waals surface area contributed by atoms with Gasteiger partial charge in [-0.25, -0.2) is 0 Å². The van der Waals surface area contributed by atoms with Crippen LogP contribution in [0.15, 0.2) is 72.8 Å². The van der Waals surface area contributed by atoms with Gasteiger partial charge in [0, 0.05) is 35.0 Å². The molecule has 166 valence electrons. The molecule has 0 bridgehead atoms. The summed E-state index contributed by atoms with van der Waals surface area (Å²) in [6.45, 7) is 6.32. The summed E-state index contributed by atoms with van der Waals surface area (Å²) in [5.41, 5.74) is 3.89. The van der Waals surface area contributed by atoms with Crippen LogP contribution in [0.2, 0.25) is 5.02 Å². The van der Waals surface area contributed by atoms with Crippen LogP contribution in [0.3, 0.4) is 0 Å². The van der Waals surface area contributed by atoms with Crippen molar-refractivity contribution >= 4 is 17.4 Å². The zero-order valence-electron chi connectivity index (χ0n) is 19.0. The van der Waals surface area contributed by atoms with Crippen molar-refractivity contribution in [3.8, 4) is 5.75 Å². The van der Waals surface area contributed by atoms with Crippen molar-refractivity contribution in [2.45, 2.75) is 32.7 Å². The molecular weight excluding hydrogens is 418 g/mol. The van der Waals surface area contributed by atoms with Crippen molar-refractivity contribution in [2.75, 3.05) is 20.2 Å². The second-order valence-corrected chi connectivity index (χ2v) is 9.78. The van der Waals surface area contributed by atoms with Gasteiger partial charge in [0.15, 0.2) is 5.78 Å². The van der Waals surface area contributed by atoms with E-state index in [9.17, 15) is 4.79 Å². The van der Waals surface area contributed by atoms with E-state index in [0.29, 0.717) is 6.61 Å². The van der Waals surface area contributed by atoms with Crippen LogP contribution in [-0.4, -0.2) is 30.9 Å². The normalized spacial score (nSPS) is 17.3. The van der Waals surface area contributed by atoms with E-state index in [0.717, 1.165) is 41.4 Å². The van der Waals surface area contributed by atoms with Crippen molar-refractivity contribution in [2.24, 2.45) is 5.41 Å². The lowest BCUT2D eigenvalue weighted by Gasteiger charge is -2.36. The Morgan fingerprint density at radius 2 is 1.75 bits per heavy atom. The molecule has 4 heteroatoms. The predicted octanol–water partition coefficient (Wildman–Crippen LogP) is 6.60. The Hall–Kier alpha value is -2.62. The second kappa shape index (κ2) is 9.48. The molecule has 0 saturated heterocycles. The molecule has 0 saturated carbocycles. The van der Waals surface area contributed by atoms with Gasteiger partial charge in [-0.05, 0) is 54.4 Å². The van der Waals surface area contributed by atoms with E-state index >= 15 is 0 Å². The number of carbonyl (C=O) groups excluding carboxylic acids is 1. The third-order valence-electron chi connectivity index (χ3n) is 6.28. The lowest BCUT2D eigenvalue weighted by Crippen LogP contribution is -2.33. The Morgan fingerprint density at radius 3 is 2.47 bits per heavy atom. The average Bonchev–Trinajstić information content (AvgIpc) is 2.78. The van der Waals surface area contributed by atoms with E-state index in [4.69, 9.17) is 16.3 Å². The predicted molar refractivity (Wildman–Crippen MR) is 131 cm³/mol. The third-order valence-corrected chi connectivity index (χ3v) is 6.54. The molecule has 1 atom stereocenters. The zero-order valence-corrected chi connectivity index (χ0v) is 19.7. The van der Waals surface area contributed by atoms with Gasteiger partial charge in [-0.15, -0.1) is 0 Å². The molecule has 3 nitrogen and oxygen atoms in total. The van der Waals surface area contributed by atoms with Crippen LogP contribution in [0.1, 0.15) is 53.2 Å². The van der Waals surface area contributed by atoms with Crippen molar-refractivity contribution in [3.63, 3.8) is 0 Å². The van der Waals surface area contributed by atoms with Gasteiger partial charge in [-0.1, -0.05) is 74.0 Å². The molecule has 0 N–H and O–H groups in total. The summed E-state index contributed by atoms with van der Waals surface area (Å²) >= 11 is 6.09. The molecule has 1 aliphatic carbocycles. The number of hydrogen-bond donors (Lipinski definition) is 0. The Labute approximate surface area is 196 Å². The molecule has 32 heavy (non-hydrogen) atoms. The number of nitrogens with zero attached hydrogens (tertiary/aromatic N) is 1. The molecule has 0 aromatic heterocycles. The van der Waals surface area contributed by atoms with Crippen molar-refractivity contribution in [1.29, 1.82) is 0 Å². The first kappa shape index (κ1) is 22.6. The summed E-state index contributed by atoms with van der Waals surface area (Å²) in [6.07, 6.45) is 0.783. The Balaban J connectivity index is 1.48. The second-order valence-electron chi connectivity index (χ2n) is 9.34. The largest absolute Gasteiger partial charge is 0.492 e. The fraction of sp³-hybridized carbons (Fsp3) is 0.321. The number of benzene rings is 3. The summed E-state index contributed by atoms with van der Waals surface area (Å²) in [4.78, 5) is 15.5. The van der Waals surface area contributed by atoms with Crippen LogP contribution < -0.4 is 4.74 Å². The molecule has 0 fully saturated rings. The Kier molecular flexibility index (Phi) is 6.68. The fourth-order valence-electron chi connectivity index (χ4n) is 4.49. The summed E-state index contributed by atoms with van der Waals surface area (Å²) in [5.74, 6) is 1.10. The molecule has 0 amide bonds. The van der Waals surface area contributed by atoms with Gasteiger partial charge in [0.1, 0.15) is 12.4 Å². The maximum Gasteiger partial charge on any atom is 0.168 e. The molecule has 1 unspecified atom stereocenters. The topological polar surface area (TPSA) is 29.5 Å². The molecule has 3 aromatic carbocycles. The van der Waals surface area contributed by atoms with Gasteiger partial charge in [-0.3, -0.25) is 9.69 Å². The maximum atomic E-state index is 13.2. The number of hydrogen-bond acceptors (Lipinski definition) is 3. The Morgan fingerprint density at radius 1 is 1.03 bits per heavy atom. The number of likely N-dealkylation sites (N-methyl/N-ethyl adjacent to an activating group) is 1. The van der Waals surface area contributed by atoms with Gasteiger partial charge in [0.2, 0.25) is 0 Å². The van der Waals surface area contributed by atoms with Gasteiger partial charge < -0.3 is 4.74 Å². The molecule has 0 aliphatic heterocycles. The van der Waals surface area contributed by atoms with E-state index in [1.54, 1.807) is 0 Å². The summed E-state index contributed by atoms with van der Waals surface area (Å²) in [7, 11) is 2.09. The number of fused-ring (bicyclic) bond motifs is 1. The van der Waals surface area contributed by atoms with Crippen molar-refractivity contribution < 1.29 is 9.53 Å². The molecule has 0 spiro atoms. The minimum atomic E-state index is -0.425. The van der Waals surface area contributed by atoms with E-state index in [2.05, 4.69) is 54.4 Å². The summed E-state index contributed by atoms with van der Waals surface area (Å²) in [6, 6.07) is 24.4. The molecule has 1 aliphatic rings. The van der Waals surface area contributed by atoms with Crippen LogP contribution in [0, 0.1) is 5.41 Å². The Bertz CT molecular complexity index is 1080. The number of ether oxygens (including phenoxy) is 1. The number of carbonyl (C=O) groups is 1. The first-order valence-corrected chi connectivity index (χ1v) is 11.5. The molecule has 0 radical (unpaired) electrons. The summed E-state index contributed by atoms with van der Waals surface area (Å²) < 4.78 is 6.04. The highest BCUT2D eigenvalue weighted by atomic mass is 35.5. The SMILES string of the molecule is CN(CCOc1ccc2c(c1)C(=O)C(C)(C)CC2c1ccc(Cl)cc1)Cc1ccccc1. The van der Waals surface area contributed by atoms with Crippen LogP contribution in [-0.2, 0) is 6.54 Å². The molecule has 4 rings (SSSR count). The first-order chi connectivity index (χ1) is 15.3. The number of Topliss-reactive ketones (excluding diaryl/α,β-unsaturated/α-hetero) is 1. The number of halogens is 1. The van der Waals surface area contributed by atoms with Crippen molar-refractivity contribution in [3.05, 3.63) is 100 Å². The van der Waals surface area contributed by atoms with E-state index < -0.39 is 5.41 Å². The van der Waals surface area contributed by atoms with Crippen LogP contribution >= 0.6 is 11.6 Å². The lowest BCUT2D eigenvalue weighted by molar-refractivity contribution is 0.0801. The van der Waals surface area contributed by atoms with Crippen molar-refractivity contribution in [1.82, 2.24) is 4.90 Å². The van der Waals surface area contributed by atoms with E-state index in [1.165, 1.54) is 11.1 Å². The van der Waals surface area contributed by atoms with Gasteiger partial charge >= 0.3 is 0 Å². The third kappa shape index (κ3) is 5.06. The minimum Gasteiger partial charge on any atom is -0.492 e. The highest BCUT2D eigenvalue weighted by molar-refractivity contribution is 6.30. The van der Waals surface area contributed by atoms with Gasteiger partial charge in [0.25, 0.3) is 0 Å². The fourth-order valence-corrected chi connectivity index (χ4v) is 4.62. The molecule has 0 heterocycles. The van der Waals surface area contributed by atoms with Gasteiger partial charge in [-0.2, -0.15) is 0 Å². The first-order valence-electron chi connectivity index (χ1n) is 11.1. The molecule has 3 aromatic rings. The van der Waals surface area contributed by atoms with Gasteiger partial charge in [0.05, 0.1) is 0 Å². The average molecular weight is 448 g/mol. The zero-order chi connectivity index (χ0) is 22.7. The maximum absolute atomic E-state index is 13.2. The number of rotatable bonds is 7. The monoisotopic (exact) mass is 447 g/mol. The summed E-state index contributed by atoms with van der Waals surface area (Å²) in [5, 5.41) is 0.723. The highest BCUT2D eigenvalue weighted by Crippen LogP contribution is 2.46. The highest BCUT2D eigenvalue weighted by Gasteiger charge is 2.40.